The Morgan fingerprint density at radius 1 is 1.13 bits per heavy atom. The largest absolute Gasteiger partial charge is 0.508 e. The van der Waals surface area contributed by atoms with Crippen LogP contribution in [0, 0.1) is 0 Å². The summed E-state index contributed by atoms with van der Waals surface area (Å²) in [5, 5.41) is 27.3. The van der Waals surface area contributed by atoms with E-state index in [9.17, 15) is 19.8 Å². The van der Waals surface area contributed by atoms with Gasteiger partial charge in [0.05, 0.1) is 23.8 Å². The van der Waals surface area contributed by atoms with Crippen molar-refractivity contribution in [3.8, 4) is 33.9 Å². The molecule has 0 bridgehead atoms. The zero-order valence-corrected chi connectivity index (χ0v) is 17.7. The first-order valence-corrected chi connectivity index (χ1v) is 9.81. The molecule has 8 heteroatoms. The van der Waals surface area contributed by atoms with Crippen molar-refractivity contribution in [2.45, 2.75) is 26.7 Å². The molecule has 0 saturated heterocycles. The summed E-state index contributed by atoms with van der Waals surface area (Å²) in [6, 6.07) is 9.27. The molecule has 1 heterocycles. The number of nitrogens with zero attached hydrogens (tertiary/aromatic N) is 1. The van der Waals surface area contributed by atoms with Gasteiger partial charge in [0.1, 0.15) is 11.5 Å². The van der Waals surface area contributed by atoms with Crippen LogP contribution >= 0.6 is 0 Å². The molecule has 0 fully saturated rings. The van der Waals surface area contributed by atoms with Gasteiger partial charge in [0.2, 0.25) is 0 Å². The molecule has 3 rings (SSSR count). The summed E-state index contributed by atoms with van der Waals surface area (Å²) in [6.45, 7) is 5.99. The number of hydrogen-bond acceptors (Lipinski definition) is 7. The molecule has 0 radical (unpaired) electrons. The number of benzene rings is 2. The molecule has 3 aromatic rings. The van der Waals surface area contributed by atoms with E-state index in [4.69, 9.17) is 9.26 Å². The highest BCUT2D eigenvalue weighted by Gasteiger charge is 2.27. The van der Waals surface area contributed by atoms with Crippen LogP contribution in [0.15, 0.2) is 40.9 Å². The van der Waals surface area contributed by atoms with Gasteiger partial charge in [0.25, 0.3) is 5.91 Å². The predicted molar refractivity (Wildman–Crippen MR) is 114 cm³/mol. The second-order valence-corrected chi connectivity index (χ2v) is 7.25. The van der Waals surface area contributed by atoms with Crippen LogP contribution in [0.3, 0.4) is 0 Å². The van der Waals surface area contributed by atoms with Gasteiger partial charge in [-0.15, -0.1) is 0 Å². The van der Waals surface area contributed by atoms with Gasteiger partial charge in [0, 0.05) is 12.6 Å². The van der Waals surface area contributed by atoms with Crippen LogP contribution < -0.4 is 5.32 Å². The van der Waals surface area contributed by atoms with Crippen LogP contribution in [0.5, 0.6) is 11.5 Å². The van der Waals surface area contributed by atoms with Gasteiger partial charge in [-0.3, -0.25) is 4.79 Å². The number of methoxy groups -OCH3 is 1. The third-order valence-electron chi connectivity index (χ3n) is 4.85. The Kier molecular flexibility index (Phi) is 6.29. The van der Waals surface area contributed by atoms with Gasteiger partial charge < -0.3 is 24.8 Å². The van der Waals surface area contributed by atoms with Gasteiger partial charge in [-0.2, -0.15) is 0 Å². The number of phenolic OH excluding ortho intramolecular Hbond substituents is 2. The average molecular weight is 424 g/mol. The molecule has 0 spiro atoms. The van der Waals surface area contributed by atoms with Crippen LogP contribution in [-0.2, 0) is 4.74 Å². The number of carbonyl (C=O) groups excluding carboxylic acids is 2. The molecule has 1 amide bonds. The lowest BCUT2D eigenvalue weighted by molar-refractivity contribution is 0.0600. The van der Waals surface area contributed by atoms with Crippen LogP contribution in [0.25, 0.3) is 22.5 Å². The fraction of sp³-hybridized carbons (Fsp3) is 0.261. The number of aromatic nitrogens is 1. The van der Waals surface area contributed by atoms with E-state index in [1.54, 1.807) is 37.3 Å². The van der Waals surface area contributed by atoms with Crippen LogP contribution in [0.1, 0.15) is 53.1 Å². The molecule has 1 aromatic heterocycles. The second-order valence-electron chi connectivity index (χ2n) is 7.25. The highest BCUT2D eigenvalue weighted by atomic mass is 16.5. The smallest absolute Gasteiger partial charge is 0.337 e. The minimum atomic E-state index is -0.487. The summed E-state index contributed by atoms with van der Waals surface area (Å²) in [5.74, 6) is -1.03. The van der Waals surface area contributed by atoms with Crippen molar-refractivity contribution in [1.29, 1.82) is 0 Å². The first kappa shape index (κ1) is 21.9. The van der Waals surface area contributed by atoms with Crippen molar-refractivity contribution in [2.75, 3.05) is 13.7 Å². The topological polar surface area (TPSA) is 122 Å². The van der Waals surface area contributed by atoms with Crippen LogP contribution in [-0.4, -0.2) is 40.9 Å². The zero-order valence-electron chi connectivity index (χ0n) is 17.7. The number of ether oxygens (including phenoxy) is 1. The fourth-order valence-corrected chi connectivity index (χ4v) is 3.27. The van der Waals surface area contributed by atoms with Crippen molar-refractivity contribution in [3.63, 3.8) is 0 Å². The molecule has 3 N–H and O–H groups in total. The molecule has 0 saturated carbocycles. The van der Waals surface area contributed by atoms with Gasteiger partial charge >= 0.3 is 5.97 Å². The van der Waals surface area contributed by atoms with Crippen molar-refractivity contribution in [2.24, 2.45) is 0 Å². The summed E-state index contributed by atoms with van der Waals surface area (Å²) in [6.07, 6.45) is 0. The quantitative estimate of drug-likeness (QED) is 0.510. The maximum absolute atomic E-state index is 12.6. The van der Waals surface area contributed by atoms with Gasteiger partial charge in [-0.05, 0) is 42.2 Å². The number of aromatic hydroxyl groups is 2. The summed E-state index contributed by atoms with van der Waals surface area (Å²) in [4.78, 5) is 24.4. The number of hydrogen-bond donors (Lipinski definition) is 3. The van der Waals surface area contributed by atoms with Gasteiger partial charge in [0.15, 0.2) is 11.5 Å². The average Bonchev–Trinajstić information content (AvgIpc) is 3.18. The maximum Gasteiger partial charge on any atom is 0.337 e. The van der Waals surface area contributed by atoms with Gasteiger partial charge in [-0.25, -0.2) is 4.79 Å². The SMILES string of the molecule is CCNC(=O)c1noc(-c2cc(C(C)C)c(O)cc2O)c1-c1ccc(C(=O)OC)cc1. The van der Waals surface area contributed by atoms with E-state index in [-0.39, 0.29) is 34.4 Å². The molecule has 0 aliphatic carbocycles. The Hall–Kier alpha value is -3.81. The summed E-state index contributed by atoms with van der Waals surface area (Å²) >= 11 is 0. The molecule has 2 aromatic carbocycles. The lowest BCUT2D eigenvalue weighted by atomic mass is 9.94. The molecular formula is C23H24N2O6. The fourth-order valence-electron chi connectivity index (χ4n) is 3.27. The Bertz CT molecular complexity index is 1120. The number of nitrogens with one attached hydrogen (secondary N) is 1. The number of amides is 1. The van der Waals surface area contributed by atoms with E-state index in [1.807, 2.05) is 13.8 Å². The minimum Gasteiger partial charge on any atom is -0.508 e. The number of phenols is 2. The van der Waals surface area contributed by atoms with E-state index >= 15 is 0 Å². The Morgan fingerprint density at radius 2 is 1.81 bits per heavy atom. The van der Waals surface area contributed by atoms with E-state index < -0.39 is 11.9 Å². The minimum absolute atomic E-state index is 0.0204. The van der Waals surface area contributed by atoms with Gasteiger partial charge in [-0.1, -0.05) is 31.1 Å². The normalized spacial score (nSPS) is 10.9. The Balaban J connectivity index is 2.23. The summed E-state index contributed by atoms with van der Waals surface area (Å²) in [5.41, 5.74) is 2.20. The standard InChI is InChI=1S/C23H24N2O6/c1-5-24-22(28)20-19(13-6-8-14(9-7-13)23(29)30-4)21(31-25-20)16-10-15(12(2)3)17(26)11-18(16)27/h6-12,26-27H,5H2,1-4H3,(H,24,28). The predicted octanol–water partition coefficient (Wildman–Crippen LogP) is 4.08. The first-order valence-electron chi connectivity index (χ1n) is 9.81. The van der Waals surface area contributed by atoms with Crippen molar-refractivity contribution >= 4 is 11.9 Å². The lowest BCUT2D eigenvalue weighted by Crippen LogP contribution is -2.23. The second kappa shape index (κ2) is 8.91. The third kappa shape index (κ3) is 4.23. The molecule has 0 atom stereocenters. The van der Waals surface area contributed by atoms with E-state index in [2.05, 4.69) is 10.5 Å². The number of carbonyl (C=O) groups is 2. The number of rotatable bonds is 6. The van der Waals surface area contributed by atoms with Crippen molar-refractivity contribution < 1.29 is 29.1 Å². The maximum atomic E-state index is 12.6. The zero-order chi connectivity index (χ0) is 22.7. The van der Waals surface area contributed by atoms with E-state index in [1.165, 1.54) is 13.2 Å². The molecule has 0 unspecified atom stereocenters. The third-order valence-corrected chi connectivity index (χ3v) is 4.85. The van der Waals surface area contributed by atoms with Crippen molar-refractivity contribution in [3.05, 3.63) is 53.2 Å². The van der Waals surface area contributed by atoms with E-state index in [0.29, 0.717) is 28.8 Å². The Labute approximate surface area is 179 Å². The van der Waals surface area contributed by atoms with E-state index in [0.717, 1.165) is 0 Å². The first-order chi connectivity index (χ1) is 14.8. The molecule has 162 valence electrons. The molecular weight excluding hydrogens is 400 g/mol. The molecule has 0 aliphatic heterocycles. The van der Waals surface area contributed by atoms with Crippen molar-refractivity contribution in [1.82, 2.24) is 10.5 Å². The number of esters is 1. The molecule has 31 heavy (non-hydrogen) atoms. The molecule has 0 aliphatic rings. The summed E-state index contributed by atoms with van der Waals surface area (Å²) in [7, 11) is 1.29. The van der Waals surface area contributed by atoms with Crippen LogP contribution in [0.4, 0.5) is 0 Å². The molecule has 8 nitrogen and oxygen atoms in total. The monoisotopic (exact) mass is 424 g/mol. The highest BCUT2D eigenvalue weighted by molar-refractivity contribution is 6.03. The lowest BCUT2D eigenvalue weighted by Gasteiger charge is -2.12. The highest BCUT2D eigenvalue weighted by Crippen LogP contribution is 2.43. The van der Waals surface area contributed by atoms with Crippen LogP contribution in [0.2, 0.25) is 0 Å². The Morgan fingerprint density at radius 3 is 2.39 bits per heavy atom. The summed E-state index contributed by atoms with van der Waals surface area (Å²) < 4.78 is 10.2.